The fourth-order valence-electron chi connectivity index (χ4n) is 5.54. The van der Waals surface area contributed by atoms with E-state index in [1.807, 2.05) is 7.05 Å². The molecule has 41 heavy (non-hydrogen) atoms. The first-order chi connectivity index (χ1) is 19.2. The first kappa shape index (κ1) is 31.2. The highest BCUT2D eigenvalue weighted by atomic mass is 79.9. The Morgan fingerprint density at radius 1 is 1.29 bits per heavy atom. The van der Waals surface area contributed by atoms with E-state index >= 15 is 4.39 Å². The number of fused-ring (bicyclic) bond motifs is 1. The Morgan fingerprint density at radius 2 is 1.95 bits per heavy atom. The minimum absolute atomic E-state index is 0.0102. The van der Waals surface area contributed by atoms with E-state index < -0.39 is 45.4 Å². The second-order valence-corrected chi connectivity index (χ2v) is 12.6. The van der Waals surface area contributed by atoms with Gasteiger partial charge in [0.1, 0.15) is 23.1 Å². The number of carbonyl (C=O) groups excluding carboxylic acids is 2. The van der Waals surface area contributed by atoms with Crippen molar-refractivity contribution in [3.63, 3.8) is 0 Å². The number of likely N-dealkylation sites (tertiary alicyclic amines) is 2. The Kier molecular flexibility index (Phi) is 9.01. The standard InChI is InChI=1S/C27H33BrClFN4O7/c1-26(2,3)41-25(36)33-11-8-27(9-12-33,24(35)39-5)18-16-13-17(29)19(28)20(30)21(16)31-23(22(18)34(37)38)40-14-15-7-6-10-32(15)4/h13,15H,6-12,14H2,1-5H3/t15-/m0/s1. The van der Waals surface area contributed by atoms with Crippen LogP contribution in [0.1, 0.15) is 52.0 Å². The summed E-state index contributed by atoms with van der Waals surface area (Å²) >= 11 is 9.44. The van der Waals surface area contributed by atoms with Gasteiger partial charge in [-0.05, 0) is 82.0 Å². The number of hydrogen-bond donors (Lipinski definition) is 0. The molecule has 0 aliphatic carbocycles. The number of nitro groups is 1. The van der Waals surface area contributed by atoms with Crippen LogP contribution < -0.4 is 4.74 Å². The highest BCUT2D eigenvalue weighted by Crippen LogP contribution is 2.49. The summed E-state index contributed by atoms with van der Waals surface area (Å²) in [5.41, 5.74) is -3.29. The average Bonchev–Trinajstić information content (AvgIpc) is 3.33. The second kappa shape index (κ2) is 11.8. The number of piperidine rings is 1. The monoisotopic (exact) mass is 658 g/mol. The third-order valence-corrected chi connectivity index (χ3v) is 8.95. The molecule has 11 nitrogen and oxygen atoms in total. The van der Waals surface area contributed by atoms with E-state index in [1.54, 1.807) is 20.8 Å². The van der Waals surface area contributed by atoms with Crippen molar-refractivity contribution in [1.29, 1.82) is 0 Å². The van der Waals surface area contributed by atoms with Crippen molar-refractivity contribution >= 4 is 56.2 Å². The van der Waals surface area contributed by atoms with Gasteiger partial charge in [-0.25, -0.2) is 14.2 Å². The van der Waals surface area contributed by atoms with Crippen LogP contribution in [0, 0.1) is 15.9 Å². The number of aromatic nitrogens is 1. The number of benzene rings is 1. The van der Waals surface area contributed by atoms with Gasteiger partial charge < -0.3 is 24.0 Å². The number of pyridine rings is 1. The van der Waals surface area contributed by atoms with Crippen LogP contribution in [0.5, 0.6) is 5.88 Å². The number of nitrogens with zero attached hydrogens (tertiary/aromatic N) is 4. The number of halogens is 3. The summed E-state index contributed by atoms with van der Waals surface area (Å²) in [4.78, 5) is 46.2. The molecular weight excluding hydrogens is 627 g/mol. The molecule has 1 atom stereocenters. The normalized spacial score (nSPS) is 19.3. The first-order valence-corrected chi connectivity index (χ1v) is 14.4. The zero-order valence-corrected chi connectivity index (χ0v) is 25.9. The molecule has 0 unspecified atom stereocenters. The number of likely N-dealkylation sites (N-methyl/N-ethyl adjacent to an activating group) is 1. The van der Waals surface area contributed by atoms with E-state index in [4.69, 9.17) is 25.8 Å². The maximum absolute atomic E-state index is 15.6. The summed E-state index contributed by atoms with van der Waals surface area (Å²) in [5.74, 6) is -2.01. The Hall–Kier alpha value is -2.77. The quantitative estimate of drug-likeness (QED) is 0.168. The highest BCUT2D eigenvalue weighted by Gasteiger charge is 2.51. The Balaban J connectivity index is 1.91. The van der Waals surface area contributed by atoms with Crippen LogP contribution >= 0.6 is 27.5 Å². The lowest BCUT2D eigenvalue weighted by Gasteiger charge is -2.40. The summed E-state index contributed by atoms with van der Waals surface area (Å²) in [6.07, 6.45) is 1.08. The average molecular weight is 660 g/mol. The van der Waals surface area contributed by atoms with Crippen LogP contribution in [0.4, 0.5) is 14.9 Å². The number of esters is 1. The van der Waals surface area contributed by atoms with Gasteiger partial charge in [-0.15, -0.1) is 0 Å². The lowest BCUT2D eigenvalue weighted by atomic mass is 9.71. The lowest BCUT2D eigenvalue weighted by molar-refractivity contribution is -0.387. The smallest absolute Gasteiger partial charge is 0.410 e. The number of rotatable bonds is 6. The minimum Gasteiger partial charge on any atom is -0.471 e. The van der Waals surface area contributed by atoms with Gasteiger partial charge in [-0.3, -0.25) is 14.9 Å². The molecular formula is C27H33BrClFN4O7. The van der Waals surface area contributed by atoms with E-state index in [2.05, 4.69) is 25.8 Å². The molecule has 1 amide bonds. The predicted octanol–water partition coefficient (Wildman–Crippen LogP) is 5.61. The number of carbonyl (C=O) groups is 2. The molecule has 2 aliphatic rings. The molecule has 0 N–H and O–H groups in total. The van der Waals surface area contributed by atoms with Gasteiger partial charge in [-0.1, -0.05) is 11.6 Å². The molecule has 224 valence electrons. The van der Waals surface area contributed by atoms with Gasteiger partial charge in [0.2, 0.25) is 0 Å². The van der Waals surface area contributed by atoms with Gasteiger partial charge in [0.15, 0.2) is 5.82 Å². The molecule has 1 aromatic carbocycles. The summed E-state index contributed by atoms with van der Waals surface area (Å²) < 4.78 is 32.2. The molecule has 2 saturated heterocycles. The van der Waals surface area contributed by atoms with E-state index in [-0.39, 0.29) is 64.5 Å². The maximum atomic E-state index is 15.6. The van der Waals surface area contributed by atoms with Crippen molar-refractivity contribution in [2.75, 3.05) is 40.4 Å². The summed E-state index contributed by atoms with van der Waals surface area (Å²) in [6.45, 7) is 6.21. The summed E-state index contributed by atoms with van der Waals surface area (Å²) in [6, 6.07) is 1.34. The highest BCUT2D eigenvalue weighted by molar-refractivity contribution is 9.10. The van der Waals surface area contributed by atoms with E-state index in [9.17, 15) is 19.7 Å². The van der Waals surface area contributed by atoms with Crippen LogP contribution in [-0.2, 0) is 19.7 Å². The Bertz CT molecular complexity index is 1380. The molecule has 0 spiro atoms. The SMILES string of the molecule is COC(=O)C1(c2c([N+](=O)[O-])c(OC[C@@H]3CCCN3C)nc3c(F)c(Br)c(Cl)cc23)CCN(C(=O)OC(C)(C)C)CC1. The predicted molar refractivity (Wildman–Crippen MR) is 153 cm³/mol. The van der Waals surface area contributed by atoms with Gasteiger partial charge in [-0.2, -0.15) is 0 Å². The summed E-state index contributed by atoms with van der Waals surface area (Å²) in [7, 11) is 3.11. The van der Waals surface area contributed by atoms with E-state index in [1.165, 1.54) is 18.1 Å². The van der Waals surface area contributed by atoms with Crippen LogP contribution in [0.3, 0.4) is 0 Å². The summed E-state index contributed by atoms with van der Waals surface area (Å²) in [5, 5.41) is 12.6. The molecule has 3 heterocycles. The van der Waals surface area contributed by atoms with Crippen LogP contribution in [0.15, 0.2) is 10.5 Å². The van der Waals surface area contributed by atoms with Crippen LogP contribution in [0.2, 0.25) is 5.02 Å². The molecule has 0 saturated carbocycles. The van der Waals surface area contributed by atoms with Crippen molar-refractivity contribution < 1.29 is 33.1 Å². The topological polar surface area (TPSA) is 124 Å². The Morgan fingerprint density at radius 3 is 2.49 bits per heavy atom. The van der Waals surface area contributed by atoms with Crippen molar-refractivity contribution in [3.8, 4) is 5.88 Å². The lowest BCUT2D eigenvalue weighted by Crippen LogP contribution is -2.50. The zero-order valence-electron chi connectivity index (χ0n) is 23.6. The fraction of sp³-hybridized carbons (Fsp3) is 0.593. The van der Waals surface area contributed by atoms with Gasteiger partial charge in [0, 0.05) is 24.5 Å². The van der Waals surface area contributed by atoms with Crippen molar-refractivity contribution in [3.05, 3.63) is 37.1 Å². The molecule has 0 bridgehead atoms. The van der Waals surface area contributed by atoms with E-state index in [0.29, 0.717) is 0 Å². The minimum atomic E-state index is -1.64. The molecule has 14 heteroatoms. The second-order valence-electron chi connectivity index (χ2n) is 11.4. The number of hydrogen-bond acceptors (Lipinski definition) is 9. The van der Waals surface area contributed by atoms with Crippen molar-refractivity contribution in [2.24, 2.45) is 0 Å². The third-order valence-electron chi connectivity index (χ3n) is 7.65. The van der Waals surface area contributed by atoms with Crippen LogP contribution in [-0.4, -0.2) is 83.8 Å². The van der Waals surface area contributed by atoms with Crippen LogP contribution in [0.25, 0.3) is 10.9 Å². The number of amides is 1. The zero-order chi connectivity index (χ0) is 30.3. The molecule has 2 fully saturated rings. The Labute approximate surface area is 250 Å². The fourth-order valence-corrected chi connectivity index (χ4v) is 6.04. The largest absolute Gasteiger partial charge is 0.471 e. The number of ether oxygens (including phenoxy) is 3. The maximum Gasteiger partial charge on any atom is 0.410 e. The van der Waals surface area contributed by atoms with Gasteiger partial charge in [0.25, 0.3) is 5.88 Å². The molecule has 1 aromatic heterocycles. The van der Waals surface area contributed by atoms with Crippen molar-refractivity contribution in [2.45, 2.75) is 63.5 Å². The van der Waals surface area contributed by atoms with Gasteiger partial charge in [0.05, 0.1) is 27.1 Å². The number of methoxy groups -OCH3 is 1. The molecule has 4 rings (SSSR count). The molecule has 2 aromatic rings. The third kappa shape index (κ3) is 6.07. The van der Waals surface area contributed by atoms with Crippen molar-refractivity contribution in [1.82, 2.24) is 14.8 Å². The van der Waals surface area contributed by atoms with E-state index in [0.717, 1.165) is 19.4 Å². The van der Waals surface area contributed by atoms with Gasteiger partial charge >= 0.3 is 17.7 Å². The first-order valence-electron chi connectivity index (χ1n) is 13.3. The molecule has 0 radical (unpaired) electrons. The molecule has 2 aliphatic heterocycles.